The summed E-state index contributed by atoms with van der Waals surface area (Å²) in [6, 6.07) is 7.41. The Kier molecular flexibility index (Phi) is 7.68. The van der Waals surface area contributed by atoms with Crippen molar-refractivity contribution in [1.82, 2.24) is 25.4 Å². The van der Waals surface area contributed by atoms with Crippen molar-refractivity contribution in [3.8, 4) is 0 Å². The van der Waals surface area contributed by atoms with Crippen LogP contribution in [-0.4, -0.2) is 38.4 Å². The lowest BCUT2D eigenvalue weighted by atomic mass is 10.1. The van der Waals surface area contributed by atoms with Gasteiger partial charge in [-0.15, -0.1) is 16.8 Å². The molecular formula is C22H29N5O2S. The minimum Gasteiger partial charge on any atom is -0.353 e. The first kappa shape index (κ1) is 22.1. The minimum absolute atomic E-state index is 0.0161. The van der Waals surface area contributed by atoms with Crippen LogP contribution in [0.15, 0.2) is 42.1 Å². The molecule has 7 nitrogen and oxygen atoms in total. The van der Waals surface area contributed by atoms with Crippen LogP contribution in [0.2, 0.25) is 0 Å². The molecule has 2 amide bonds. The molecule has 0 saturated heterocycles. The highest BCUT2D eigenvalue weighted by Gasteiger charge is 2.21. The Morgan fingerprint density at radius 2 is 2.10 bits per heavy atom. The van der Waals surface area contributed by atoms with Crippen molar-refractivity contribution in [3.05, 3.63) is 53.9 Å². The van der Waals surface area contributed by atoms with Crippen molar-refractivity contribution >= 4 is 23.6 Å². The van der Waals surface area contributed by atoms with Gasteiger partial charge >= 0.3 is 0 Å². The Morgan fingerprint density at radius 1 is 1.33 bits per heavy atom. The summed E-state index contributed by atoms with van der Waals surface area (Å²) in [5.74, 6) is 0.775. The highest BCUT2D eigenvalue weighted by atomic mass is 32.2. The normalized spacial score (nSPS) is 15.0. The summed E-state index contributed by atoms with van der Waals surface area (Å²) in [5.41, 5.74) is 1.63. The van der Waals surface area contributed by atoms with E-state index >= 15 is 0 Å². The predicted octanol–water partition coefficient (Wildman–Crippen LogP) is 3.41. The lowest BCUT2D eigenvalue weighted by Crippen LogP contribution is -2.33. The van der Waals surface area contributed by atoms with E-state index in [1.54, 1.807) is 12.1 Å². The van der Waals surface area contributed by atoms with E-state index in [0.29, 0.717) is 29.1 Å². The number of nitrogens with zero attached hydrogens (tertiary/aromatic N) is 3. The van der Waals surface area contributed by atoms with Crippen molar-refractivity contribution in [1.29, 1.82) is 0 Å². The maximum atomic E-state index is 12.6. The van der Waals surface area contributed by atoms with Crippen LogP contribution >= 0.6 is 11.8 Å². The van der Waals surface area contributed by atoms with Gasteiger partial charge < -0.3 is 15.2 Å². The van der Waals surface area contributed by atoms with E-state index in [9.17, 15) is 9.59 Å². The van der Waals surface area contributed by atoms with E-state index in [0.717, 1.165) is 18.4 Å². The molecule has 1 aromatic carbocycles. The third-order valence-electron chi connectivity index (χ3n) is 5.12. The van der Waals surface area contributed by atoms with Crippen LogP contribution in [0.1, 0.15) is 60.4 Å². The van der Waals surface area contributed by atoms with Crippen LogP contribution < -0.4 is 10.6 Å². The van der Waals surface area contributed by atoms with Crippen molar-refractivity contribution in [2.45, 2.75) is 63.3 Å². The Balaban J connectivity index is 1.64. The monoisotopic (exact) mass is 427 g/mol. The summed E-state index contributed by atoms with van der Waals surface area (Å²) in [7, 11) is 0. The zero-order chi connectivity index (χ0) is 21.5. The molecule has 1 atom stereocenters. The first-order chi connectivity index (χ1) is 14.5. The van der Waals surface area contributed by atoms with Crippen molar-refractivity contribution in [2.75, 3.05) is 5.75 Å². The van der Waals surface area contributed by atoms with Gasteiger partial charge in [-0.05, 0) is 38.8 Å². The molecule has 30 heavy (non-hydrogen) atoms. The van der Waals surface area contributed by atoms with Crippen LogP contribution in [0.4, 0.5) is 0 Å². The van der Waals surface area contributed by atoms with E-state index in [2.05, 4.69) is 27.4 Å². The van der Waals surface area contributed by atoms with Gasteiger partial charge in [0, 0.05) is 18.2 Å². The molecular weight excluding hydrogens is 398 g/mol. The molecule has 0 unspecified atom stereocenters. The minimum atomic E-state index is -0.341. The molecule has 2 N–H and O–H groups in total. The molecule has 0 aliphatic heterocycles. The molecule has 160 valence electrons. The average Bonchev–Trinajstić information content (AvgIpc) is 3.36. The maximum absolute atomic E-state index is 12.6. The van der Waals surface area contributed by atoms with E-state index in [4.69, 9.17) is 0 Å². The van der Waals surface area contributed by atoms with Gasteiger partial charge in [0.25, 0.3) is 5.91 Å². The van der Waals surface area contributed by atoms with Crippen LogP contribution in [0.3, 0.4) is 0 Å². The Labute approximate surface area is 181 Å². The van der Waals surface area contributed by atoms with Crippen LogP contribution in [0, 0.1) is 6.92 Å². The molecule has 1 saturated carbocycles. The van der Waals surface area contributed by atoms with Crippen LogP contribution in [0.25, 0.3) is 0 Å². The highest BCUT2D eigenvalue weighted by molar-refractivity contribution is 7.99. The molecule has 1 aliphatic rings. The number of aryl methyl sites for hydroxylation is 1. The number of aromatic nitrogens is 3. The van der Waals surface area contributed by atoms with E-state index in [1.165, 1.54) is 24.6 Å². The molecule has 0 radical (unpaired) electrons. The van der Waals surface area contributed by atoms with E-state index in [1.807, 2.05) is 36.6 Å². The fourth-order valence-corrected chi connectivity index (χ4v) is 4.39. The summed E-state index contributed by atoms with van der Waals surface area (Å²) in [4.78, 5) is 24.8. The number of thioether (sulfide) groups is 1. The number of benzene rings is 1. The lowest BCUT2D eigenvalue weighted by molar-refractivity contribution is -0.119. The second kappa shape index (κ2) is 10.4. The second-order valence-corrected chi connectivity index (χ2v) is 8.58. The number of hydrogen-bond donors (Lipinski definition) is 2. The molecule has 3 rings (SSSR count). The molecule has 1 aromatic heterocycles. The van der Waals surface area contributed by atoms with Gasteiger partial charge in [0.2, 0.25) is 5.91 Å². The number of allylic oxidation sites excluding steroid dienone is 1. The lowest BCUT2D eigenvalue weighted by Gasteiger charge is -2.16. The molecule has 0 spiro atoms. The third kappa shape index (κ3) is 5.72. The Morgan fingerprint density at radius 3 is 2.80 bits per heavy atom. The van der Waals surface area contributed by atoms with Gasteiger partial charge in [0.05, 0.1) is 11.8 Å². The summed E-state index contributed by atoms with van der Waals surface area (Å²) in [6.45, 7) is 8.13. The molecule has 0 bridgehead atoms. The molecule has 2 aromatic rings. The van der Waals surface area contributed by atoms with Gasteiger partial charge in [-0.2, -0.15) is 0 Å². The van der Waals surface area contributed by atoms with Crippen molar-refractivity contribution < 1.29 is 9.59 Å². The number of rotatable bonds is 9. The number of amides is 2. The molecule has 1 aliphatic carbocycles. The zero-order valence-corrected chi connectivity index (χ0v) is 18.4. The fraction of sp³-hybridized carbons (Fsp3) is 0.455. The van der Waals surface area contributed by atoms with Gasteiger partial charge in [0.1, 0.15) is 0 Å². The topological polar surface area (TPSA) is 88.9 Å². The van der Waals surface area contributed by atoms with Crippen molar-refractivity contribution in [2.24, 2.45) is 0 Å². The number of hydrogen-bond acceptors (Lipinski definition) is 5. The predicted molar refractivity (Wildman–Crippen MR) is 118 cm³/mol. The summed E-state index contributed by atoms with van der Waals surface area (Å²) in [5, 5.41) is 15.2. The standard InChI is InChI=1S/C22H29N5O2S/c1-4-12-27-20(16(3)23-21(29)17-9-7-8-15(2)13-17)25-26-22(27)30-14-19(28)24-18-10-5-6-11-18/h4,7-9,13,16,18H,1,5-6,10-12,14H2,2-3H3,(H,23,29)(H,24,28)/t16-/m0/s1. The molecule has 8 heteroatoms. The quantitative estimate of drug-likeness (QED) is 0.473. The Bertz CT molecular complexity index is 905. The van der Waals surface area contributed by atoms with Gasteiger partial charge in [-0.25, -0.2) is 0 Å². The first-order valence-corrected chi connectivity index (χ1v) is 11.3. The number of carbonyl (C=O) groups is 2. The van der Waals surface area contributed by atoms with Crippen molar-refractivity contribution in [3.63, 3.8) is 0 Å². The zero-order valence-electron chi connectivity index (χ0n) is 17.6. The SMILES string of the molecule is C=CCn1c(SCC(=O)NC2CCCC2)nnc1[C@H](C)NC(=O)c1cccc(C)c1. The summed E-state index contributed by atoms with van der Waals surface area (Å²) < 4.78 is 1.89. The fourth-order valence-electron chi connectivity index (χ4n) is 3.63. The van der Waals surface area contributed by atoms with E-state index < -0.39 is 0 Å². The third-order valence-corrected chi connectivity index (χ3v) is 6.09. The highest BCUT2D eigenvalue weighted by Crippen LogP contribution is 2.22. The molecule has 1 fully saturated rings. The average molecular weight is 428 g/mol. The van der Waals surface area contributed by atoms with Gasteiger partial charge in [-0.1, -0.05) is 48.4 Å². The van der Waals surface area contributed by atoms with E-state index in [-0.39, 0.29) is 23.6 Å². The molecule has 1 heterocycles. The van der Waals surface area contributed by atoms with Crippen LogP contribution in [0.5, 0.6) is 0 Å². The number of carbonyl (C=O) groups excluding carboxylic acids is 2. The number of nitrogens with one attached hydrogen (secondary N) is 2. The largest absolute Gasteiger partial charge is 0.353 e. The van der Waals surface area contributed by atoms with Gasteiger partial charge in [-0.3, -0.25) is 9.59 Å². The summed E-state index contributed by atoms with van der Waals surface area (Å²) >= 11 is 1.35. The Hall–Kier alpha value is -2.61. The van der Waals surface area contributed by atoms with Crippen LogP contribution in [-0.2, 0) is 11.3 Å². The maximum Gasteiger partial charge on any atom is 0.251 e. The smallest absolute Gasteiger partial charge is 0.251 e. The summed E-state index contributed by atoms with van der Waals surface area (Å²) in [6.07, 6.45) is 6.24. The van der Waals surface area contributed by atoms with Gasteiger partial charge in [0.15, 0.2) is 11.0 Å². The second-order valence-electron chi connectivity index (χ2n) is 7.64. The first-order valence-electron chi connectivity index (χ1n) is 10.3.